The molecule has 0 unspecified atom stereocenters. The minimum Gasteiger partial charge on any atom is -0.338 e. The fourth-order valence-electron chi connectivity index (χ4n) is 2.87. The lowest BCUT2D eigenvalue weighted by Crippen LogP contribution is -2.27. The van der Waals surface area contributed by atoms with E-state index in [0.29, 0.717) is 21.1 Å². The largest absolute Gasteiger partial charge is 0.338 e. The molecule has 0 saturated carbocycles. The van der Waals surface area contributed by atoms with E-state index < -0.39 is 0 Å². The van der Waals surface area contributed by atoms with Crippen LogP contribution in [0.1, 0.15) is 39.5 Å². The monoisotopic (exact) mass is 332 g/mol. The molecule has 2 aromatic rings. The standard InChI is InChI=1S/C16H20N4O2S/c1-9-10(2)18-19(4)15(21)12(9)14-17-11(3)13(23-14)16(22)20-7-5-6-8-20/h5-8H2,1-4H3. The zero-order chi connectivity index (χ0) is 16.7. The smallest absolute Gasteiger partial charge is 0.277 e. The molecule has 1 aliphatic heterocycles. The van der Waals surface area contributed by atoms with E-state index in [9.17, 15) is 9.59 Å². The number of likely N-dealkylation sites (tertiary alicyclic amines) is 1. The summed E-state index contributed by atoms with van der Waals surface area (Å²) in [5.41, 5.74) is 2.68. The maximum absolute atomic E-state index is 12.6. The molecule has 1 saturated heterocycles. The summed E-state index contributed by atoms with van der Waals surface area (Å²) in [7, 11) is 1.63. The predicted octanol–water partition coefficient (Wildman–Crippen LogP) is 2.07. The first-order chi connectivity index (χ1) is 10.9. The number of hydrogen-bond acceptors (Lipinski definition) is 5. The van der Waals surface area contributed by atoms with Crippen LogP contribution in [-0.4, -0.2) is 38.7 Å². The van der Waals surface area contributed by atoms with E-state index in [2.05, 4.69) is 10.1 Å². The van der Waals surface area contributed by atoms with Crippen molar-refractivity contribution >= 4 is 17.2 Å². The van der Waals surface area contributed by atoms with E-state index in [1.54, 1.807) is 7.05 Å². The van der Waals surface area contributed by atoms with Gasteiger partial charge in [-0.15, -0.1) is 11.3 Å². The van der Waals surface area contributed by atoms with Gasteiger partial charge in [0.1, 0.15) is 9.88 Å². The second-order valence-electron chi connectivity index (χ2n) is 5.95. The van der Waals surface area contributed by atoms with Crippen LogP contribution in [0.5, 0.6) is 0 Å². The van der Waals surface area contributed by atoms with Crippen molar-refractivity contribution in [3.05, 3.63) is 32.2 Å². The van der Waals surface area contributed by atoms with Crippen molar-refractivity contribution in [3.63, 3.8) is 0 Å². The Kier molecular flexibility index (Phi) is 4.06. The number of carbonyl (C=O) groups is 1. The van der Waals surface area contributed by atoms with Gasteiger partial charge in [0.05, 0.1) is 17.0 Å². The molecule has 1 aliphatic rings. The average molecular weight is 332 g/mol. The van der Waals surface area contributed by atoms with Crippen molar-refractivity contribution in [2.75, 3.05) is 13.1 Å². The molecule has 122 valence electrons. The molecule has 0 bridgehead atoms. The van der Waals surface area contributed by atoms with Gasteiger partial charge in [-0.25, -0.2) is 9.67 Å². The van der Waals surface area contributed by atoms with Crippen molar-refractivity contribution in [2.24, 2.45) is 7.05 Å². The molecular weight excluding hydrogens is 312 g/mol. The molecule has 6 nitrogen and oxygen atoms in total. The molecule has 1 fully saturated rings. The van der Waals surface area contributed by atoms with Gasteiger partial charge in [0, 0.05) is 20.1 Å². The fourth-order valence-corrected chi connectivity index (χ4v) is 3.99. The number of nitrogens with zero attached hydrogens (tertiary/aromatic N) is 4. The highest BCUT2D eigenvalue weighted by molar-refractivity contribution is 7.17. The maximum atomic E-state index is 12.6. The van der Waals surface area contributed by atoms with E-state index in [-0.39, 0.29) is 11.5 Å². The van der Waals surface area contributed by atoms with Gasteiger partial charge in [0.2, 0.25) is 0 Å². The van der Waals surface area contributed by atoms with Crippen LogP contribution in [0.3, 0.4) is 0 Å². The van der Waals surface area contributed by atoms with Crippen LogP contribution in [0.2, 0.25) is 0 Å². The van der Waals surface area contributed by atoms with Gasteiger partial charge < -0.3 is 4.90 Å². The molecule has 2 aromatic heterocycles. The first-order valence-electron chi connectivity index (χ1n) is 7.71. The summed E-state index contributed by atoms with van der Waals surface area (Å²) < 4.78 is 1.33. The van der Waals surface area contributed by atoms with Gasteiger partial charge in [-0.3, -0.25) is 9.59 Å². The second kappa shape index (κ2) is 5.88. The summed E-state index contributed by atoms with van der Waals surface area (Å²) in [5.74, 6) is 0.0315. The summed E-state index contributed by atoms with van der Waals surface area (Å²) >= 11 is 1.31. The molecule has 0 radical (unpaired) electrons. The molecular formula is C16H20N4O2S. The average Bonchev–Trinajstić information content (AvgIpc) is 3.15. The van der Waals surface area contributed by atoms with Crippen molar-refractivity contribution in [3.8, 4) is 10.6 Å². The number of hydrogen-bond donors (Lipinski definition) is 0. The van der Waals surface area contributed by atoms with Crippen molar-refractivity contribution in [2.45, 2.75) is 33.6 Å². The van der Waals surface area contributed by atoms with E-state index >= 15 is 0 Å². The van der Waals surface area contributed by atoms with E-state index in [1.807, 2.05) is 25.7 Å². The molecule has 0 aromatic carbocycles. The molecule has 0 N–H and O–H groups in total. The highest BCUT2D eigenvalue weighted by atomic mass is 32.1. The zero-order valence-corrected chi connectivity index (χ0v) is 14.7. The Morgan fingerprint density at radius 2 is 1.78 bits per heavy atom. The van der Waals surface area contributed by atoms with Crippen molar-refractivity contribution < 1.29 is 4.79 Å². The predicted molar refractivity (Wildman–Crippen MR) is 89.9 cm³/mol. The Balaban J connectivity index is 2.08. The summed E-state index contributed by atoms with van der Waals surface area (Å²) in [5, 5.41) is 4.80. The number of rotatable bonds is 2. The van der Waals surface area contributed by atoms with Crippen LogP contribution in [0.4, 0.5) is 0 Å². The number of aromatic nitrogens is 3. The summed E-state index contributed by atoms with van der Waals surface area (Å²) in [4.78, 5) is 32.1. The number of carbonyl (C=O) groups excluding carboxylic acids is 1. The lowest BCUT2D eigenvalue weighted by Gasteiger charge is -2.13. The molecule has 7 heteroatoms. The molecule has 1 amide bonds. The number of thiazole rings is 1. The van der Waals surface area contributed by atoms with E-state index in [1.165, 1.54) is 16.0 Å². The Hall–Kier alpha value is -2.02. The van der Waals surface area contributed by atoms with Gasteiger partial charge in [0.15, 0.2) is 0 Å². The van der Waals surface area contributed by atoms with E-state index in [4.69, 9.17) is 0 Å². The molecule has 0 spiro atoms. The van der Waals surface area contributed by atoms with Crippen molar-refractivity contribution in [1.82, 2.24) is 19.7 Å². The minimum atomic E-state index is -0.179. The number of aryl methyl sites for hydroxylation is 3. The van der Waals surface area contributed by atoms with Gasteiger partial charge >= 0.3 is 0 Å². The zero-order valence-electron chi connectivity index (χ0n) is 13.8. The van der Waals surface area contributed by atoms with Gasteiger partial charge in [-0.1, -0.05) is 0 Å². The maximum Gasteiger partial charge on any atom is 0.277 e. The number of amides is 1. The van der Waals surface area contributed by atoms with Gasteiger partial charge in [-0.2, -0.15) is 5.10 Å². The first-order valence-corrected chi connectivity index (χ1v) is 8.53. The second-order valence-corrected chi connectivity index (χ2v) is 6.95. The third-order valence-electron chi connectivity index (χ3n) is 4.32. The quantitative estimate of drug-likeness (QED) is 0.844. The Morgan fingerprint density at radius 1 is 1.13 bits per heavy atom. The topological polar surface area (TPSA) is 68.1 Å². The van der Waals surface area contributed by atoms with Crippen LogP contribution >= 0.6 is 11.3 Å². The third-order valence-corrected chi connectivity index (χ3v) is 5.49. The minimum absolute atomic E-state index is 0.0315. The third kappa shape index (κ3) is 2.69. The molecule has 0 atom stereocenters. The molecule has 3 heterocycles. The molecule has 0 aliphatic carbocycles. The van der Waals surface area contributed by atoms with Gasteiger partial charge in [-0.05, 0) is 39.2 Å². The Bertz CT molecular complexity index is 831. The molecule has 3 rings (SSSR count). The fraction of sp³-hybridized carbons (Fsp3) is 0.500. The Morgan fingerprint density at radius 3 is 2.43 bits per heavy atom. The van der Waals surface area contributed by atoms with Crippen LogP contribution in [0.15, 0.2) is 4.79 Å². The van der Waals surface area contributed by atoms with Crippen LogP contribution < -0.4 is 5.56 Å². The van der Waals surface area contributed by atoms with Crippen molar-refractivity contribution in [1.29, 1.82) is 0 Å². The SMILES string of the molecule is Cc1nc(-c2c(C)c(C)nn(C)c2=O)sc1C(=O)N1CCCC1. The highest BCUT2D eigenvalue weighted by Crippen LogP contribution is 2.30. The Labute approximate surface area is 138 Å². The first kappa shape index (κ1) is 15.9. The van der Waals surface area contributed by atoms with Gasteiger partial charge in [0.25, 0.3) is 11.5 Å². The van der Waals surface area contributed by atoms with Crippen LogP contribution in [-0.2, 0) is 7.05 Å². The van der Waals surface area contributed by atoms with Crippen LogP contribution in [0, 0.1) is 20.8 Å². The summed E-state index contributed by atoms with van der Waals surface area (Å²) in [6.07, 6.45) is 2.11. The summed E-state index contributed by atoms with van der Waals surface area (Å²) in [6, 6.07) is 0. The lowest BCUT2D eigenvalue weighted by atomic mass is 10.1. The van der Waals surface area contributed by atoms with E-state index in [0.717, 1.165) is 37.2 Å². The lowest BCUT2D eigenvalue weighted by molar-refractivity contribution is 0.0796. The van der Waals surface area contributed by atoms with Crippen LogP contribution in [0.25, 0.3) is 10.6 Å². The summed E-state index contributed by atoms with van der Waals surface area (Å²) in [6.45, 7) is 7.19. The highest BCUT2D eigenvalue weighted by Gasteiger charge is 2.25. The normalized spacial score (nSPS) is 14.5. The molecule has 23 heavy (non-hydrogen) atoms.